The lowest BCUT2D eigenvalue weighted by molar-refractivity contribution is -0.122. The standard InChI is InChI=1S/C22H29N5O3/c1-4-6-12-25-15-23-20-19(25)21(29)27(14-18(28)24-16(3)5-2)22(30)26(20)13-17-10-8-7-9-11-17/h7-11,15-16H,4-6,12-14H2,1-3H3,(H,24,28)/t16-/m0/s1. The van der Waals surface area contributed by atoms with Gasteiger partial charge < -0.3 is 9.88 Å². The highest BCUT2D eigenvalue weighted by Gasteiger charge is 2.20. The number of nitrogens with zero attached hydrogens (tertiary/aromatic N) is 4. The van der Waals surface area contributed by atoms with Crippen LogP contribution >= 0.6 is 0 Å². The number of hydrogen-bond donors (Lipinski definition) is 1. The molecule has 3 rings (SSSR count). The molecule has 0 saturated carbocycles. The van der Waals surface area contributed by atoms with E-state index in [1.54, 1.807) is 10.9 Å². The maximum Gasteiger partial charge on any atom is 0.333 e. The number of unbranched alkanes of at least 4 members (excludes halogenated alkanes) is 1. The third-order valence-electron chi connectivity index (χ3n) is 5.24. The molecule has 0 bridgehead atoms. The fraction of sp³-hybridized carbons (Fsp3) is 0.455. The highest BCUT2D eigenvalue weighted by molar-refractivity contribution is 5.77. The lowest BCUT2D eigenvalue weighted by Gasteiger charge is -2.14. The van der Waals surface area contributed by atoms with Crippen molar-refractivity contribution in [1.82, 2.24) is 24.0 Å². The number of benzene rings is 1. The molecule has 0 saturated heterocycles. The van der Waals surface area contributed by atoms with Crippen LogP contribution in [0.25, 0.3) is 11.2 Å². The molecule has 0 aliphatic heterocycles. The van der Waals surface area contributed by atoms with Crippen LogP contribution in [0.15, 0.2) is 46.2 Å². The van der Waals surface area contributed by atoms with Gasteiger partial charge in [-0.05, 0) is 25.3 Å². The molecule has 1 atom stereocenters. The number of imidazole rings is 1. The summed E-state index contributed by atoms with van der Waals surface area (Å²) in [5, 5.41) is 2.82. The van der Waals surface area contributed by atoms with Gasteiger partial charge in [0.25, 0.3) is 5.56 Å². The molecule has 0 aliphatic carbocycles. The molecule has 3 aromatic rings. The lowest BCUT2D eigenvalue weighted by atomic mass is 10.2. The predicted molar refractivity (Wildman–Crippen MR) is 117 cm³/mol. The summed E-state index contributed by atoms with van der Waals surface area (Å²) >= 11 is 0. The fourth-order valence-corrected chi connectivity index (χ4v) is 3.35. The van der Waals surface area contributed by atoms with E-state index in [4.69, 9.17) is 0 Å². The van der Waals surface area contributed by atoms with Gasteiger partial charge in [-0.2, -0.15) is 0 Å². The Kier molecular flexibility index (Phi) is 6.87. The van der Waals surface area contributed by atoms with Crippen LogP contribution in [0.1, 0.15) is 45.6 Å². The molecular weight excluding hydrogens is 382 g/mol. The van der Waals surface area contributed by atoms with Gasteiger partial charge in [-0.1, -0.05) is 50.6 Å². The molecule has 1 aromatic carbocycles. The molecule has 8 nitrogen and oxygen atoms in total. The number of rotatable bonds is 9. The SMILES string of the molecule is CCCCn1cnc2c1c(=O)n(CC(=O)N[C@@H](C)CC)c(=O)n2Cc1ccccc1. The topological polar surface area (TPSA) is 90.9 Å². The molecule has 2 aromatic heterocycles. The third-order valence-corrected chi connectivity index (χ3v) is 5.24. The summed E-state index contributed by atoms with van der Waals surface area (Å²) in [6, 6.07) is 9.50. The molecule has 0 aliphatic rings. The minimum atomic E-state index is -0.531. The molecule has 8 heteroatoms. The van der Waals surface area contributed by atoms with Crippen LogP contribution in [-0.2, 0) is 24.4 Å². The van der Waals surface area contributed by atoms with Crippen LogP contribution in [0.5, 0.6) is 0 Å². The fourth-order valence-electron chi connectivity index (χ4n) is 3.35. The van der Waals surface area contributed by atoms with Crippen LogP contribution in [-0.4, -0.2) is 30.6 Å². The molecular formula is C22H29N5O3. The smallest absolute Gasteiger partial charge is 0.333 e. The van der Waals surface area contributed by atoms with Gasteiger partial charge in [-0.3, -0.25) is 14.2 Å². The Morgan fingerprint density at radius 1 is 1.13 bits per heavy atom. The average Bonchev–Trinajstić information content (AvgIpc) is 3.17. The maximum absolute atomic E-state index is 13.2. The number of aryl methyl sites for hydroxylation is 1. The van der Waals surface area contributed by atoms with E-state index in [9.17, 15) is 14.4 Å². The quantitative estimate of drug-likeness (QED) is 0.584. The van der Waals surface area contributed by atoms with Gasteiger partial charge in [-0.25, -0.2) is 14.3 Å². The Hall–Kier alpha value is -3.16. The first kappa shape index (κ1) is 21.5. The molecule has 160 valence electrons. The summed E-state index contributed by atoms with van der Waals surface area (Å²) in [7, 11) is 0. The first-order chi connectivity index (χ1) is 14.5. The van der Waals surface area contributed by atoms with Crippen molar-refractivity contribution < 1.29 is 4.79 Å². The first-order valence-electron chi connectivity index (χ1n) is 10.5. The highest BCUT2D eigenvalue weighted by Crippen LogP contribution is 2.11. The predicted octanol–water partition coefficient (Wildman–Crippen LogP) is 2.12. The Morgan fingerprint density at radius 3 is 2.53 bits per heavy atom. The Morgan fingerprint density at radius 2 is 1.87 bits per heavy atom. The summed E-state index contributed by atoms with van der Waals surface area (Å²) in [5.41, 5.74) is 0.612. The number of nitrogens with one attached hydrogen (secondary N) is 1. The number of hydrogen-bond acceptors (Lipinski definition) is 4. The number of amides is 1. The van der Waals surface area contributed by atoms with Crippen LogP contribution in [0.4, 0.5) is 0 Å². The minimum Gasteiger partial charge on any atom is -0.352 e. The Bertz CT molecular complexity index is 1130. The van der Waals surface area contributed by atoms with E-state index in [-0.39, 0.29) is 25.0 Å². The molecule has 0 radical (unpaired) electrons. The highest BCUT2D eigenvalue weighted by atomic mass is 16.2. The summed E-state index contributed by atoms with van der Waals surface area (Å²) in [5.74, 6) is -0.353. The molecule has 1 N–H and O–H groups in total. The Labute approximate surface area is 175 Å². The van der Waals surface area contributed by atoms with Gasteiger partial charge in [-0.15, -0.1) is 0 Å². The van der Waals surface area contributed by atoms with Crippen molar-refractivity contribution in [2.45, 2.75) is 65.7 Å². The van der Waals surface area contributed by atoms with Gasteiger partial charge in [0, 0.05) is 12.6 Å². The van der Waals surface area contributed by atoms with E-state index < -0.39 is 11.2 Å². The van der Waals surface area contributed by atoms with Gasteiger partial charge >= 0.3 is 5.69 Å². The van der Waals surface area contributed by atoms with Crippen molar-refractivity contribution in [2.24, 2.45) is 0 Å². The second-order valence-electron chi connectivity index (χ2n) is 7.59. The molecule has 1 amide bonds. The van der Waals surface area contributed by atoms with Crippen LogP contribution in [0.2, 0.25) is 0 Å². The van der Waals surface area contributed by atoms with E-state index in [1.165, 1.54) is 4.57 Å². The summed E-state index contributed by atoms with van der Waals surface area (Å²) in [4.78, 5) is 43.2. The average molecular weight is 412 g/mol. The van der Waals surface area contributed by atoms with E-state index >= 15 is 0 Å². The first-order valence-corrected chi connectivity index (χ1v) is 10.5. The van der Waals surface area contributed by atoms with Gasteiger partial charge in [0.15, 0.2) is 11.2 Å². The number of aromatic nitrogens is 4. The van der Waals surface area contributed by atoms with E-state index in [2.05, 4.69) is 17.2 Å². The second-order valence-corrected chi connectivity index (χ2v) is 7.59. The summed E-state index contributed by atoms with van der Waals surface area (Å²) in [6.07, 6.45) is 4.22. The van der Waals surface area contributed by atoms with Crippen molar-refractivity contribution in [3.05, 3.63) is 63.1 Å². The van der Waals surface area contributed by atoms with Crippen molar-refractivity contribution in [2.75, 3.05) is 0 Å². The molecule has 2 heterocycles. The Balaban J connectivity index is 2.13. The van der Waals surface area contributed by atoms with Gasteiger partial charge in [0.2, 0.25) is 5.91 Å². The van der Waals surface area contributed by atoms with Crippen LogP contribution in [0, 0.1) is 0 Å². The van der Waals surface area contributed by atoms with Crippen molar-refractivity contribution >= 4 is 17.1 Å². The zero-order valence-corrected chi connectivity index (χ0v) is 17.8. The van der Waals surface area contributed by atoms with Gasteiger partial charge in [0.1, 0.15) is 6.54 Å². The van der Waals surface area contributed by atoms with Crippen molar-refractivity contribution in [3.8, 4) is 0 Å². The number of carbonyl (C=O) groups excluding carboxylic acids is 1. The zero-order valence-electron chi connectivity index (χ0n) is 17.8. The normalized spacial score (nSPS) is 12.2. The number of fused-ring (bicyclic) bond motifs is 1. The summed E-state index contributed by atoms with van der Waals surface area (Å²) < 4.78 is 4.28. The van der Waals surface area contributed by atoms with E-state index in [0.29, 0.717) is 17.7 Å². The third kappa shape index (κ3) is 4.53. The van der Waals surface area contributed by atoms with Crippen molar-refractivity contribution in [1.29, 1.82) is 0 Å². The minimum absolute atomic E-state index is 0.0291. The zero-order chi connectivity index (χ0) is 21.7. The van der Waals surface area contributed by atoms with E-state index in [1.807, 2.05) is 44.2 Å². The maximum atomic E-state index is 13.2. The monoisotopic (exact) mass is 411 g/mol. The molecule has 0 unspecified atom stereocenters. The van der Waals surface area contributed by atoms with Gasteiger partial charge in [0.05, 0.1) is 12.9 Å². The number of carbonyl (C=O) groups is 1. The summed E-state index contributed by atoms with van der Waals surface area (Å²) in [6.45, 7) is 6.51. The van der Waals surface area contributed by atoms with Crippen molar-refractivity contribution in [3.63, 3.8) is 0 Å². The lowest BCUT2D eigenvalue weighted by Crippen LogP contribution is -2.45. The van der Waals surface area contributed by atoms with E-state index in [0.717, 1.165) is 29.4 Å². The second kappa shape index (κ2) is 9.56. The molecule has 0 fully saturated rings. The largest absolute Gasteiger partial charge is 0.352 e. The van der Waals surface area contributed by atoms with Crippen LogP contribution < -0.4 is 16.6 Å². The molecule has 30 heavy (non-hydrogen) atoms. The molecule has 0 spiro atoms. The van der Waals surface area contributed by atoms with Crippen LogP contribution in [0.3, 0.4) is 0 Å².